The van der Waals surface area contributed by atoms with Crippen LogP contribution in [0, 0.1) is 0 Å². The molecule has 0 amide bonds. The zero-order valence-electron chi connectivity index (χ0n) is 8.78. The molecule has 1 heterocycles. The van der Waals surface area contributed by atoms with E-state index in [9.17, 15) is 0 Å². The first-order valence-electron chi connectivity index (χ1n) is 4.81. The van der Waals surface area contributed by atoms with E-state index in [1.165, 1.54) is 0 Å². The summed E-state index contributed by atoms with van der Waals surface area (Å²) >= 11 is 0. The second-order valence-electron chi connectivity index (χ2n) is 4.02. The molecule has 0 radical (unpaired) electrons. The fourth-order valence-corrected chi connectivity index (χ4v) is 1.71. The molecule has 0 unspecified atom stereocenters. The van der Waals surface area contributed by atoms with E-state index >= 15 is 0 Å². The van der Waals surface area contributed by atoms with Gasteiger partial charge >= 0.3 is 0 Å². The normalized spacial score (nSPS) is 19.1. The van der Waals surface area contributed by atoms with Gasteiger partial charge in [0.1, 0.15) is 5.66 Å². The Morgan fingerprint density at radius 1 is 1.00 bits per heavy atom. The lowest BCUT2D eigenvalue weighted by molar-refractivity contribution is 0.566. The highest BCUT2D eigenvalue weighted by Crippen LogP contribution is 2.21. The maximum Gasteiger partial charge on any atom is 0.145 e. The molecular weight excluding hydrogens is 172 g/mol. The summed E-state index contributed by atoms with van der Waals surface area (Å²) in [7, 11) is 0. The van der Waals surface area contributed by atoms with Crippen LogP contribution in [-0.4, -0.2) is 17.1 Å². The summed E-state index contributed by atoms with van der Waals surface area (Å²) in [4.78, 5) is 9.08. The number of hydrogen-bond donors (Lipinski definition) is 0. The summed E-state index contributed by atoms with van der Waals surface area (Å²) < 4.78 is 0. The molecule has 1 aromatic rings. The summed E-state index contributed by atoms with van der Waals surface area (Å²) in [6.45, 7) is 6.06. The smallest absolute Gasteiger partial charge is 0.145 e. The first-order valence-corrected chi connectivity index (χ1v) is 4.81. The zero-order chi connectivity index (χ0) is 10.2. The van der Waals surface area contributed by atoms with Crippen molar-refractivity contribution < 1.29 is 0 Å². The SMILES string of the molecule is CC1=NC(C)(C)N=C1c1ccccc1. The first-order chi connectivity index (χ1) is 6.58. The molecule has 0 bridgehead atoms. The highest BCUT2D eigenvalue weighted by Gasteiger charge is 2.24. The minimum absolute atomic E-state index is 0.282. The molecule has 0 N–H and O–H groups in total. The van der Waals surface area contributed by atoms with Crippen LogP contribution in [0.4, 0.5) is 0 Å². The Morgan fingerprint density at radius 3 is 2.14 bits per heavy atom. The molecule has 72 valence electrons. The molecule has 0 saturated heterocycles. The first kappa shape index (κ1) is 9.13. The fourth-order valence-electron chi connectivity index (χ4n) is 1.71. The third-order valence-electron chi connectivity index (χ3n) is 2.22. The van der Waals surface area contributed by atoms with E-state index in [-0.39, 0.29) is 5.66 Å². The van der Waals surface area contributed by atoms with Crippen LogP contribution in [0.25, 0.3) is 0 Å². The van der Waals surface area contributed by atoms with Crippen molar-refractivity contribution in [3.63, 3.8) is 0 Å². The van der Waals surface area contributed by atoms with Gasteiger partial charge in [0.2, 0.25) is 0 Å². The standard InChI is InChI=1S/C12H14N2/c1-9-11(14-12(2,3)13-9)10-7-5-4-6-8-10/h4-8H,1-3H3. The highest BCUT2D eigenvalue weighted by atomic mass is 15.1. The van der Waals surface area contributed by atoms with Crippen LogP contribution in [0.1, 0.15) is 26.3 Å². The van der Waals surface area contributed by atoms with E-state index in [4.69, 9.17) is 0 Å². The largest absolute Gasteiger partial charge is 0.259 e. The van der Waals surface area contributed by atoms with Crippen LogP contribution < -0.4 is 0 Å². The Hall–Kier alpha value is -1.44. The van der Waals surface area contributed by atoms with Gasteiger partial charge in [0.15, 0.2) is 0 Å². The predicted molar refractivity (Wildman–Crippen MR) is 60.2 cm³/mol. The van der Waals surface area contributed by atoms with Gasteiger partial charge in [0.25, 0.3) is 0 Å². The van der Waals surface area contributed by atoms with Crippen molar-refractivity contribution in [1.82, 2.24) is 0 Å². The maximum absolute atomic E-state index is 4.58. The lowest BCUT2D eigenvalue weighted by atomic mass is 10.1. The molecule has 2 heteroatoms. The van der Waals surface area contributed by atoms with Crippen molar-refractivity contribution in [1.29, 1.82) is 0 Å². The molecule has 1 aromatic carbocycles. The van der Waals surface area contributed by atoms with Crippen LogP contribution in [-0.2, 0) is 0 Å². The van der Waals surface area contributed by atoms with Crippen LogP contribution >= 0.6 is 0 Å². The van der Waals surface area contributed by atoms with E-state index in [1.54, 1.807) is 0 Å². The van der Waals surface area contributed by atoms with Crippen LogP contribution in [0.3, 0.4) is 0 Å². The summed E-state index contributed by atoms with van der Waals surface area (Å²) in [5, 5.41) is 0. The van der Waals surface area contributed by atoms with Crippen molar-refractivity contribution in [2.24, 2.45) is 9.98 Å². The molecule has 0 aliphatic carbocycles. The Balaban J connectivity index is 2.44. The van der Waals surface area contributed by atoms with E-state index in [0.29, 0.717) is 0 Å². The Kier molecular flexibility index (Phi) is 1.99. The Morgan fingerprint density at radius 2 is 1.64 bits per heavy atom. The van der Waals surface area contributed by atoms with Crippen molar-refractivity contribution >= 4 is 11.4 Å². The van der Waals surface area contributed by atoms with Crippen LogP contribution in [0.2, 0.25) is 0 Å². The van der Waals surface area contributed by atoms with E-state index in [2.05, 4.69) is 22.1 Å². The van der Waals surface area contributed by atoms with E-state index in [1.807, 2.05) is 39.0 Å². The van der Waals surface area contributed by atoms with Gasteiger partial charge in [-0.1, -0.05) is 30.3 Å². The van der Waals surface area contributed by atoms with Crippen molar-refractivity contribution in [3.05, 3.63) is 35.9 Å². The topological polar surface area (TPSA) is 24.7 Å². The van der Waals surface area contributed by atoms with Gasteiger partial charge in [-0.3, -0.25) is 9.98 Å². The van der Waals surface area contributed by atoms with Crippen molar-refractivity contribution in [2.45, 2.75) is 26.4 Å². The number of aliphatic imine (C=N–C) groups is 2. The van der Waals surface area contributed by atoms with Gasteiger partial charge in [-0.05, 0) is 20.8 Å². The van der Waals surface area contributed by atoms with Gasteiger partial charge in [-0.2, -0.15) is 0 Å². The molecule has 0 fully saturated rings. The summed E-state index contributed by atoms with van der Waals surface area (Å²) in [5.41, 5.74) is 2.92. The number of nitrogens with zero attached hydrogens (tertiary/aromatic N) is 2. The fraction of sp³-hybridized carbons (Fsp3) is 0.333. The third-order valence-corrected chi connectivity index (χ3v) is 2.22. The van der Waals surface area contributed by atoms with Gasteiger partial charge in [-0.25, -0.2) is 0 Å². The van der Waals surface area contributed by atoms with Crippen LogP contribution in [0.15, 0.2) is 40.3 Å². The monoisotopic (exact) mass is 186 g/mol. The minimum Gasteiger partial charge on any atom is -0.259 e. The number of hydrogen-bond acceptors (Lipinski definition) is 2. The van der Waals surface area contributed by atoms with Crippen LogP contribution in [0.5, 0.6) is 0 Å². The predicted octanol–water partition coefficient (Wildman–Crippen LogP) is 2.69. The average Bonchev–Trinajstić information content (AvgIpc) is 2.41. The molecule has 0 aromatic heterocycles. The second kappa shape index (κ2) is 3.05. The third kappa shape index (κ3) is 1.60. The Bertz CT molecular complexity index is 400. The summed E-state index contributed by atoms with van der Waals surface area (Å²) in [6.07, 6.45) is 0. The van der Waals surface area contributed by atoms with Gasteiger partial charge in [0.05, 0.1) is 11.4 Å². The quantitative estimate of drug-likeness (QED) is 0.644. The maximum atomic E-state index is 4.58. The molecule has 2 rings (SSSR count). The average molecular weight is 186 g/mol. The van der Waals surface area contributed by atoms with Gasteiger partial charge in [0, 0.05) is 5.56 Å². The molecule has 1 aliphatic heterocycles. The van der Waals surface area contributed by atoms with Crippen molar-refractivity contribution in [2.75, 3.05) is 0 Å². The van der Waals surface area contributed by atoms with Gasteiger partial charge in [-0.15, -0.1) is 0 Å². The van der Waals surface area contributed by atoms with Crippen molar-refractivity contribution in [3.8, 4) is 0 Å². The molecule has 14 heavy (non-hydrogen) atoms. The lowest BCUT2D eigenvalue weighted by Gasteiger charge is -2.07. The second-order valence-corrected chi connectivity index (χ2v) is 4.02. The summed E-state index contributed by atoms with van der Waals surface area (Å²) in [6, 6.07) is 10.2. The highest BCUT2D eigenvalue weighted by molar-refractivity contribution is 6.48. The molecule has 1 aliphatic rings. The minimum atomic E-state index is -0.282. The molecule has 0 spiro atoms. The molecule has 0 atom stereocenters. The van der Waals surface area contributed by atoms with Gasteiger partial charge < -0.3 is 0 Å². The van der Waals surface area contributed by atoms with E-state index in [0.717, 1.165) is 17.0 Å². The molecule has 0 saturated carbocycles. The Labute approximate surface area is 84.4 Å². The lowest BCUT2D eigenvalue weighted by Crippen LogP contribution is -2.09. The molecule has 2 nitrogen and oxygen atoms in total. The zero-order valence-corrected chi connectivity index (χ0v) is 8.78. The number of benzene rings is 1. The number of rotatable bonds is 1. The summed E-state index contributed by atoms with van der Waals surface area (Å²) in [5.74, 6) is 0. The van der Waals surface area contributed by atoms with E-state index < -0.39 is 0 Å². The molecular formula is C12H14N2.